The molecule has 0 aliphatic rings. The molecule has 0 saturated heterocycles. The third-order valence-corrected chi connectivity index (χ3v) is 10.5. The molecule has 7 aromatic carbocycles. The summed E-state index contributed by atoms with van der Waals surface area (Å²) in [5.74, 6) is 0.615. The Kier molecular flexibility index (Phi) is 7.24. The summed E-state index contributed by atoms with van der Waals surface area (Å²) in [6.45, 7) is 4.01. The molecule has 0 amide bonds. The fourth-order valence-corrected chi connectivity index (χ4v) is 8.14. The highest BCUT2D eigenvalue weighted by Gasteiger charge is 2.23. The molecule has 54 heavy (non-hydrogen) atoms. The van der Waals surface area contributed by atoms with Crippen LogP contribution in [0.1, 0.15) is 17.0 Å². The molecule has 0 unspecified atom stereocenters. The van der Waals surface area contributed by atoms with Gasteiger partial charge in [0.2, 0.25) is 0 Å². The van der Waals surface area contributed by atoms with Gasteiger partial charge in [-0.2, -0.15) is 5.26 Å². The van der Waals surface area contributed by atoms with Gasteiger partial charge in [-0.1, -0.05) is 121 Å². The van der Waals surface area contributed by atoms with E-state index in [1.54, 1.807) is 0 Å². The van der Waals surface area contributed by atoms with Gasteiger partial charge in [0.15, 0.2) is 5.82 Å². The van der Waals surface area contributed by atoms with Crippen LogP contribution >= 0.6 is 0 Å². The highest BCUT2D eigenvalue weighted by Crippen LogP contribution is 2.41. The van der Waals surface area contributed by atoms with Crippen molar-refractivity contribution in [1.82, 2.24) is 19.1 Å². The maximum atomic E-state index is 11.1. The van der Waals surface area contributed by atoms with Crippen molar-refractivity contribution in [2.24, 2.45) is 0 Å². The molecule has 0 bridgehead atoms. The van der Waals surface area contributed by atoms with Gasteiger partial charge >= 0.3 is 0 Å². The Labute approximate surface area is 312 Å². The average Bonchev–Trinajstić information content (AvgIpc) is 3.72. The Hall–Kier alpha value is -7.29. The lowest BCUT2D eigenvalue weighted by atomic mass is 10.0. The van der Waals surface area contributed by atoms with Crippen LogP contribution < -0.4 is 0 Å². The third kappa shape index (κ3) is 5.00. The zero-order valence-corrected chi connectivity index (χ0v) is 29.8. The number of fused-ring (bicyclic) bond motifs is 6. The first-order chi connectivity index (χ1) is 26.6. The summed E-state index contributed by atoms with van der Waals surface area (Å²) in [7, 11) is 0. The lowest BCUT2D eigenvalue weighted by molar-refractivity contribution is 1.05. The van der Waals surface area contributed by atoms with E-state index in [1.807, 2.05) is 38.1 Å². The van der Waals surface area contributed by atoms with Gasteiger partial charge in [-0.3, -0.25) is 0 Å². The van der Waals surface area contributed by atoms with E-state index in [1.165, 1.54) is 0 Å². The monoisotopic (exact) mass is 691 g/mol. The van der Waals surface area contributed by atoms with Crippen molar-refractivity contribution >= 4 is 43.6 Å². The summed E-state index contributed by atoms with van der Waals surface area (Å²) in [6, 6.07) is 59.9. The van der Waals surface area contributed by atoms with Crippen LogP contribution in [0.15, 0.2) is 164 Å². The van der Waals surface area contributed by atoms with Crippen molar-refractivity contribution in [2.75, 3.05) is 0 Å². The molecule has 0 aliphatic carbocycles. The minimum atomic E-state index is 0.552. The summed E-state index contributed by atoms with van der Waals surface area (Å²) < 4.78 is 4.53. The first-order valence-electron chi connectivity index (χ1n) is 18.1. The van der Waals surface area contributed by atoms with Gasteiger partial charge in [0.1, 0.15) is 6.07 Å². The first kappa shape index (κ1) is 31.4. The molecule has 0 N–H and O–H groups in total. The quantitative estimate of drug-likeness (QED) is 0.180. The molecular formula is C49H33N5. The number of para-hydroxylation sites is 2. The maximum absolute atomic E-state index is 11.1. The van der Waals surface area contributed by atoms with Crippen LogP contribution in [0.3, 0.4) is 0 Å². The predicted octanol–water partition coefficient (Wildman–Crippen LogP) is 12.2. The number of hydrogen-bond acceptors (Lipinski definition) is 3. The third-order valence-electron chi connectivity index (χ3n) is 10.5. The van der Waals surface area contributed by atoms with E-state index >= 15 is 0 Å². The largest absolute Gasteiger partial charge is 0.308 e. The lowest BCUT2D eigenvalue weighted by Crippen LogP contribution is -2.06. The van der Waals surface area contributed by atoms with E-state index in [4.69, 9.17) is 9.97 Å². The number of hydrogen-bond donors (Lipinski definition) is 0. The molecule has 3 heterocycles. The Balaban J connectivity index is 1.32. The standard InChI is InChI=1S/C49H33N5/c1-31-25-32(2)52-49(51-31)42-29-45(53-43-19-11-9-17-38(43)40-23-21-35(26-46(40)53)33-13-5-3-6-14-33)37(30-50)28-48(42)54-44-20-12-10-18-39(44)41-24-22-36(27-47(41)54)34-15-7-4-8-16-34/h3-29H,1-2H3. The van der Waals surface area contributed by atoms with Crippen LogP contribution in [0, 0.1) is 25.2 Å². The number of nitrogens with zero attached hydrogens (tertiary/aromatic N) is 5. The molecule has 254 valence electrons. The number of nitriles is 1. The van der Waals surface area contributed by atoms with Gasteiger partial charge in [0, 0.05) is 38.5 Å². The van der Waals surface area contributed by atoms with Crippen LogP contribution in [0.25, 0.3) is 88.6 Å². The van der Waals surface area contributed by atoms with Crippen LogP contribution in [0.5, 0.6) is 0 Å². The van der Waals surface area contributed by atoms with Crippen molar-refractivity contribution in [3.05, 3.63) is 181 Å². The van der Waals surface area contributed by atoms with Gasteiger partial charge in [-0.05, 0) is 78.6 Å². The molecule has 10 aromatic rings. The molecule has 0 saturated carbocycles. The first-order valence-corrected chi connectivity index (χ1v) is 18.1. The van der Waals surface area contributed by atoms with Crippen LogP contribution in [-0.2, 0) is 0 Å². The van der Waals surface area contributed by atoms with Crippen molar-refractivity contribution in [1.29, 1.82) is 5.26 Å². The topological polar surface area (TPSA) is 59.4 Å². The molecule has 10 rings (SSSR count). The molecule has 0 spiro atoms. The molecule has 0 aliphatic heterocycles. The van der Waals surface area contributed by atoms with Crippen LogP contribution in [0.4, 0.5) is 0 Å². The van der Waals surface area contributed by atoms with Gasteiger partial charge in [0.05, 0.1) is 39.0 Å². The number of aryl methyl sites for hydroxylation is 2. The molecular weight excluding hydrogens is 659 g/mol. The van der Waals surface area contributed by atoms with Crippen LogP contribution in [-0.4, -0.2) is 19.1 Å². The van der Waals surface area contributed by atoms with Crippen molar-refractivity contribution < 1.29 is 0 Å². The highest BCUT2D eigenvalue weighted by molar-refractivity contribution is 6.12. The average molecular weight is 692 g/mol. The second-order valence-electron chi connectivity index (χ2n) is 13.9. The van der Waals surface area contributed by atoms with Gasteiger partial charge in [-0.25, -0.2) is 9.97 Å². The summed E-state index contributed by atoms with van der Waals surface area (Å²) in [5, 5.41) is 15.6. The summed E-state index contributed by atoms with van der Waals surface area (Å²) >= 11 is 0. The predicted molar refractivity (Wildman–Crippen MR) is 221 cm³/mol. The number of aromatic nitrogens is 4. The second-order valence-corrected chi connectivity index (χ2v) is 13.9. The normalized spacial score (nSPS) is 11.5. The smallest absolute Gasteiger partial charge is 0.161 e. The highest BCUT2D eigenvalue weighted by atomic mass is 15.0. The van der Waals surface area contributed by atoms with E-state index in [-0.39, 0.29) is 0 Å². The fraction of sp³-hybridized carbons (Fsp3) is 0.0408. The zero-order valence-electron chi connectivity index (χ0n) is 29.8. The minimum Gasteiger partial charge on any atom is -0.308 e. The molecule has 5 nitrogen and oxygen atoms in total. The number of benzene rings is 7. The van der Waals surface area contributed by atoms with Gasteiger partial charge in [-0.15, -0.1) is 0 Å². The summed E-state index contributed by atoms with van der Waals surface area (Å²) in [4.78, 5) is 10.1. The van der Waals surface area contributed by atoms with E-state index < -0.39 is 0 Å². The van der Waals surface area contributed by atoms with Crippen molar-refractivity contribution in [3.63, 3.8) is 0 Å². The lowest BCUT2D eigenvalue weighted by Gasteiger charge is -2.18. The minimum absolute atomic E-state index is 0.552. The zero-order chi connectivity index (χ0) is 36.3. The van der Waals surface area contributed by atoms with Crippen LogP contribution in [0.2, 0.25) is 0 Å². The van der Waals surface area contributed by atoms with Crippen molar-refractivity contribution in [3.8, 4) is 51.1 Å². The van der Waals surface area contributed by atoms with Gasteiger partial charge < -0.3 is 9.13 Å². The van der Waals surface area contributed by atoms with E-state index in [2.05, 4.69) is 155 Å². The van der Waals surface area contributed by atoms with E-state index in [0.717, 1.165) is 94.2 Å². The Bertz CT molecular complexity index is 3110. The second kappa shape index (κ2) is 12.4. The van der Waals surface area contributed by atoms with Crippen molar-refractivity contribution in [2.45, 2.75) is 13.8 Å². The molecule has 0 atom stereocenters. The summed E-state index contributed by atoms with van der Waals surface area (Å²) in [6.07, 6.45) is 0. The maximum Gasteiger partial charge on any atom is 0.161 e. The molecule has 0 fully saturated rings. The summed E-state index contributed by atoms with van der Waals surface area (Å²) in [5.41, 5.74) is 13.4. The van der Waals surface area contributed by atoms with Gasteiger partial charge in [0.25, 0.3) is 0 Å². The fourth-order valence-electron chi connectivity index (χ4n) is 8.14. The Morgan fingerprint density at radius 3 is 1.41 bits per heavy atom. The number of rotatable bonds is 5. The SMILES string of the molecule is Cc1cc(C)nc(-c2cc(-n3c4ccccc4c4ccc(-c5ccccc5)cc43)c(C#N)cc2-n2c3ccccc3c3ccc(-c4ccccc4)cc32)n1. The molecule has 3 aromatic heterocycles. The van der Waals surface area contributed by atoms with E-state index in [9.17, 15) is 5.26 Å². The Morgan fingerprint density at radius 2 is 0.889 bits per heavy atom. The Morgan fingerprint density at radius 1 is 0.426 bits per heavy atom. The molecule has 0 radical (unpaired) electrons. The van der Waals surface area contributed by atoms with E-state index in [0.29, 0.717) is 11.4 Å². The molecule has 5 heteroatoms.